The van der Waals surface area contributed by atoms with E-state index in [9.17, 15) is 14.7 Å². The zero-order valence-electron chi connectivity index (χ0n) is 11.9. The van der Waals surface area contributed by atoms with Gasteiger partial charge in [-0.3, -0.25) is 4.79 Å². The number of carboxylic acid groups (broad SMARTS) is 1. The second-order valence-electron chi connectivity index (χ2n) is 5.78. The van der Waals surface area contributed by atoms with Crippen molar-refractivity contribution >= 4 is 17.7 Å². The molecular formula is C17H15NO3S. The molecule has 0 saturated heterocycles. The number of carboxylic acids is 1. The van der Waals surface area contributed by atoms with E-state index in [1.54, 1.807) is 11.8 Å². The van der Waals surface area contributed by atoms with Gasteiger partial charge in [-0.25, -0.2) is 4.79 Å². The predicted octanol–water partition coefficient (Wildman–Crippen LogP) is 3.22. The van der Waals surface area contributed by atoms with Gasteiger partial charge in [0.25, 0.3) is 0 Å². The van der Waals surface area contributed by atoms with Crippen molar-refractivity contribution in [1.82, 2.24) is 4.98 Å². The maximum atomic E-state index is 12.3. The van der Waals surface area contributed by atoms with E-state index >= 15 is 0 Å². The third-order valence-electron chi connectivity index (χ3n) is 4.48. The minimum atomic E-state index is -1.09. The smallest absolute Gasteiger partial charge is 0.352 e. The topological polar surface area (TPSA) is 70.2 Å². The largest absolute Gasteiger partial charge is 0.477 e. The second-order valence-corrected chi connectivity index (χ2v) is 6.80. The van der Waals surface area contributed by atoms with Gasteiger partial charge < -0.3 is 10.1 Å². The van der Waals surface area contributed by atoms with E-state index in [0.717, 1.165) is 35.4 Å². The van der Waals surface area contributed by atoms with Gasteiger partial charge in [0.2, 0.25) is 0 Å². The first-order chi connectivity index (χ1) is 10.6. The Morgan fingerprint density at radius 3 is 2.82 bits per heavy atom. The molecule has 1 aromatic heterocycles. The molecule has 0 amide bonds. The standard InChI is InChI=1S/C17H15NO3S/c19-13-7-12(17(20)21)18-16-11(13)8-22-14-6-5-9-3-1-2-4-10(9)15(14)16/h5-7H,1-4,8H2,(H,18,19)(H,20,21). The van der Waals surface area contributed by atoms with Crippen LogP contribution < -0.4 is 5.43 Å². The van der Waals surface area contributed by atoms with Crippen LogP contribution in [0.15, 0.2) is 27.9 Å². The van der Waals surface area contributed by atoms with Crippen molar-refractivity contribution in [1.29, 1.82) is 0 Å². The minimum Gasteiger partial charge on any atom is -0.477 e. The minimum absolute atomic E-state index is 0.0324. The van der Waals surface area contributed by atoms with Gasteiger partial charge in [0.05, 0.1) is 5.69 Å². The van der Waals surface area contributed by atoms with Crippen molar-refractivity contribution < 1.29 is 9.90 Å². The molecule has 1 aliphatic carbocycles. The fourth-order valence-corrected chi connectivity index (χ4v) is 4.53. The lowest BCUT2D eigenvalue weighted by Gasteiger charge is -2.26. The molecule has 0 saturated carbocycles. The number of aromatic nitrogens is 1. The third kappa shape index (κ3) is 2.00. The van der Waals surface area contributed by atoms with E-state index in [1.165, 1.54) is 23.6 Å². The maximum Gasteiger partial charge on any atom is 0.352 e. The Bertz CT molecular complexity index is 854. The summed E-state index contributed by atoms with van der Waals surface area (Å²) in [6.07, 6.45) is 4.40. The lowest BCUT2D eigenvalue weighted by Crippen LogP contribution is -2.19. The Morgan fingerprint density at radius 2 is 2.00 bits per heavy atom. The lowest BCUT2D eigenvalue weighted by molar-refractivity contribution is 0.0690. The second kappa shape index (κ2) is 5.02. The van der Waals surface area contributed by atoms with E-state index < -0.39 is 5.97 Å². The van der Waals surface area contributed by atoms with Gasteiger partial charge in [0.1, 0.15) is 5.69 Å². The van der Waals surface area contributed by atoms with E-state index in [4.69, 9.17) is 0 Å². The average molecular weight is 313 g/mol. The highest BCUT2D eigenvalue weighted by Gasteiger charge is 2.26. The Morgan fingerprint density at radius 1 is 1.18 bits per heavy atom. The summed E-state index contributed by atoms with van der Waals surface area (Å²) in [4.78, 5) is 27.7. The normalized spacial score (nSPS) is 15.6. The van der Waals surface area contributed by atoms with Crippen molar-refractivity contribution in [3.63, 3.8) is 0 Å². The Balaban J connectivity index is 2.03. The third-order valence-corrected chi connectivity index (χ3v) is 5.57. The summed E-state index contributed by atoms with van der Waals surface area (Å²) in [5, 5.41) is 9.22. The number of aryl methyl sites for hydroxylation is 1. The number of nitrogens with one attached hydrogen (secondary N) is 1. The highest BCUT2D eigenvalue weighted by molar-refractivity contribution is 7.98. The molecule has 1 aliphatic heterocycles. The molecule has 1 aromatic carbocycles. The molecule has 2 heterocycles. The van der Waals surface area contributed by atoms with Crippen molar-refractivity contribution in [3.8, 4) is 11.3 Å². The number of pyridine rings is 1. The van der Waals surface area contributed by atoms with Crippen LogP contribution in [0.4, 0.5) is 0 Å². The number of aromatic amines is 1. The van der Waals surface area contributed by atoms with Gasteiger partial charge in [0, 0.05) is 27.8 Å². The highest BCUT2D eigenvalue weighted by atomic mass is 32.2. The van der Waals surface area contributed by atoms with Gasteiger partial charge >= 0.3 is 5.97 Å². The first-order valence-corrected chi connectivity index (χ1v) is 8.41. The van der Waals surface area contributed by atoms with Crippen LogP contribution >= 0.6 is 11.8 Å². The monoisotopic (exact) mass is 313 g/mol. The summed E-state index contributed by atoms with van der Waals surface area (Å²) in [6, 6.07) is 5.49. The molecule has 5 heteroatoms. The SMILES string of the molecule is O=C(O)c1cc(=O)c2c([nH]1)-c1c(ccc3c1CCCC3)SC2. The Labute approximate surface area is 131 Å². The summed E-state index contributed by atoms with van der Waals surface area (Å²) in [6.45, 7) is 0. The lowest BCUT2D eigenvalue weighted by atomic mass is 9.86. The molecule has 0 fully saturated rings. The predicted molar refractivity (Wildman–Crippen MR) is 85.7 cm³/mol. The molecule has 4 nitrogen and oxygen atoms in total. The van der Waals surface area contributed by atoms with Crippen LogP contribution in [-0.4, -0.2) is 16.1 Å². The summed E-state index contributed by atoms with van der Waals surface area (Å²) in [7, 11) is 0. The van der Waals surface area contributed by atoms with Crippen molar-refractivity contribution in [2.45, 2.75) is 36.3 Å². The molecule has 0 spiro atoms. The molecule has 112 valence electrons. The number of thioether (sulfide) groups is 1. The van der Waals surface area contributed by atoms with E-state index in [-0.39, 0.29) is 11.1 Å². The van der Waals surface area contributed by atoms with Gasteiger partial charge in [-0.1, -0.05) is 6.07 Å². The van der Waals surface area contributed by atoms with Crippen LogP contribution in [-0.2, 0) is 18.6 Å². The number of hydrogen-bond acceptors (Lipinski definition) is 3. The number of H-pyrrole nitrogens is 1. The number of benzene rings is 1. The van der Waals surface area contributed by atoms with Crippen LogP contribution in [0, 0.1) is 0 Å². The summed E-state index contributed by atoms with van der Waals surface area (Å²) in [5.41, 5.74) is 4.88. The molecule has 0 radical (unpaired) electrons. The van der Waals surface area contributed by atoms with E-state index in [1.807, 2.05) is 0 Å². The summed E-state index contributed by atoms with van der Waals surface area (Å²) in [5.74, 6) is -0.499. The molecule has 22 heavy (non-hydrogen) atoms. The van der Waals surface area contributed by atoms with Crippen molar-refractivity contribution in [2.24, 2.45) is 0 Å². The number of rotatable bonds is 1. The fraction of sp³-hybridized carbons (Fsp3) is 0.294. The van der Waals surface area contributed by atoms with Crippen LogP contribution in [0.5, 0.6) is 0 Å². The maximum absolute atomic E-state index is 12.3. The van der Waals surface area contributed by atoms with E-state index in [2.05, 4.69) is 17.1 Å². The van der Waals surface area contributed by atoms with Gasteiger partial charge in [-0.15, -0.1) is 11.8 Å². The first kappa shape index (κ1) is 13.6. The molecule has 2 aromatic rings. The quantitative estimate of drug-likeness (QED) is 0.848. The number of carbonyl (C=O) groups is 1. The number of hydrogen-bond donors (Lipinski definition) is 2. The van der Waals surface area contributed by atoms with Crippen molar-refractivity contribution in [2.75, 3.05) is 0 Å². The zero-order valence-corrected chi connectivity index (χ0v) is 12.8. The molecule has 4 rings (SSSR count). The number of aromatic carboxylic acids is 1. The van der Waals surface area contributed by atoms with E-state index in [0.29, 0.717) is 11.3 Å². The average Bonchev–Trinajstić information content (AvgIpc) is 2.53. The summed E-state index contributed by atoms with van der Waals surface area (Å²) >= 11 is 1.67. The molecule has 2 aliphatic rings. The van der Waals surface area contributed by atoms with Crippen LogP contribution in [0.3, 0.4) is 0 Å². The van der Waals surface area contributed by atoms with Gasteiger partial charge in [0.15, 0.2) is 5.43 Å². The number of fused-ring (bicyclic) bond motifs is 5. The molecule has 2 N–H and O–H groups in total. The Hall–Kier alpha value is -2.01. The highest BCUT2D eigenvalue weighted by Crippen LogP contribution is 2.44. The molecule has 0 atom stereocenters. The molecule has 0 unspecified atom stereocenters. The van der Waals surface area contributed by atoms with Crippen LogP contribution in [0.2, 0.25) is 0 Å². The van der Waals surface area contributed by atoms with Gasteiger partial charge in [-0.05, 0) is 42.9 Å². The zero-order chi connectivity index (χ0) is 15.3. The Kier molecular flexibility index (Phi) is 3.11. The summed E-state index contributed by atoms with van der Waals surface area (Å²) < 4.78 is 0. The van der Waals surface area contributed by atoms with Crippen LogP contribution in [0.25, 0.3) is 11.3 Å². The first-order valence-electron chi connectivity index (χ1n) is 7.42. The fourth-order valence-electron chi connectivity index (χ4n) is 3.41. The van der Waals surface area contributed by atoms with Gasteiger partial charge in [-0.2, -0.15) is 0 Å². The molecular weight excluding hydrogens is 298 g/mol. The molecule has 0 bridgehead atoms. The van der Waals surface area contributed by atoms with Crippen LogP contribution in [0.1, 0.15) is 40.0 Å². The van der Waals surface area contributed by atoms with Crippen molar-refractivity contribution in [3.05, 3.63) is 50.8 Å².